The van der Waals surface area contributed by atoms with Crippen molar-refractivity contribution in [3.05, 3.63) is 39.7 Å². The van der Waals surface area contributed by atoms with Crippen molar-refractivity contribution in [1.82, 2.24) is 5.32 Å². The average Bonchev–Trinajstić information content (AvgIpc) is 2.39. The standard InChI is InChI=1S/C15H21FN2O2/c1-15(7-3-2-4-8-15)11-17-10-12-9-13(16)5-6-14(12)18(19)20/h5-6,9,17H,2-4,7-8,10-11H2,1H3. The third-order valence-electron chi connectivity index (χ3n) is 4.17. The lowest BCUT2D eigenvalue weighted by molar-refractivity contribution is -0.385. The monoisotopic (exact) mass is 280 g/mol. The predicted octanol–water partition coefficient (Wildman–Crippen LogP) is 3.79. The Morgan fingerprint density at radius 3 is 2.70 bits per heavy atom. The van der Waals surface area contributed by atoms with Gasteiger partial charge in [-0.2, -0.15) is 0 Å². The topological polar surface area (TPSA) is 55.2 Å². The van der Waals surface area contributed by atoms with Gasteiger partial charge in [-0.1, -0.05) is 26.2 Å². The van der Waals surface area contributed by atoms with E-state index in [1.54, 1.807) is 0 Å². The fraction of sp³-hybridized carbons (Fsp3) is 0.600. The fourth-order valence-electron chi connectivity index (χ4n) is 2.95. The van der Waals surface area contributed by atoms with Crippen LogP contribution in [0.2, 0.25) is 0 Å². The molecule has 0 aliphatic heterocycles. The van der Waals surface area contributed by atoms with Crippen LogP contribution in [0.1, 0.15) is 44.6 Å². The van der Waals surface area contributed by atoms with E-state index < -0.39 is 10.7 Å². The van der Waals surface area contributed by atoms with Gasteiger partial charge in [0.2, 0.25) is 0 Å². The molecule has 1 aromatic carbocycles. The van der Waals surface area contributed by atoms with Crippen molar-refractivity contribution in [1.29, 1.82) is 0 Å². The van der Waals surface area contributed by atoms with Crippen molar-refractivity contribution in [3.63, 3.8) is 0 Å². The number of rotatable bonds is 5. The Labute approximate surface area is 118 Å². The van der Waals surface area contributed by atoms with Gasteiger partial charge in [-0.15, -0.1) is 0 Å². The minimum Gasteiger partial charge on any atom is -0.312 e. The highest BCUT2D eigenvalue weighted by Gasteiger charge is 2.26. The van der Waals surface area contributed by atoms with Gasteiger partial charge in [0, 0.05) is 24.7 Å². The number of nitro benzene ring substituents is 1. The summed E-state index contributed by atoms with van der Waals surface area (Å²) in [5.74, 6) is -0.434. The molecule has 0 aromatic heterocycles. The van der Waals surface area contributed by atoms with Crippen LogP contribution in [0.3, 0.4) is 0 Å². The molecule has 110 valence electrons. The molecule has 1 saturated carbocycles. The lowest BCUT2D eigenvalue weighted by atomic mass is 9.76. The number of halogens is 1. The minimum absolute atomic E-state index is 0.0207. The van der Waals surface area contributed by atoms with Gasteiger partial charge in [-0.3, -0.25) is 10.1 Å². The van der Waals surface area contributed by atoms with Crippen LogP contribution in [0.4, 0.5) is 10.1 Å². The van der Waals surface area contributed by atoms with Crippen molar-refractivity contribution in [2.75, 3.05) is 6.54 Å². The molecule has 1 fully saturated rings. The SMILES string of the molecule is CC1(CNCc2cc(F)ccc2[N+](=O)[O-])CCCCC1. The number of benzene rings is 1. The van der Waals surface area contributed by atoms with Gasteiger partial charge in [-0.25, -0.2) is 4.39 Å². The molecule has 0 spiro atoms. The van der Waals surface area contributed by atoms with Gasteiger partial charge in [0.15, 0.2) is 0 Å². The zero-order valence-electron chi connectivity index (χ0n) is 11.8. The summed E-state index contributed by atoms with van der Waals surface area (Å²) < 4.78 is 13.2. The Kier molecular flexibility index (Phi) is 4.70. The maximum absolute atomic E-state index is 13.2. The molecule has 5 heteroatoms. The van der Waals surface area contributed by atoms with Gasteiger partial charge in [0.25, 0.3) is 5.69 Å². The molecule has 1 aliphatic rings. The lowest BCUT2D eigenvalue weighted by Crippen LogP contribution is -2.33. The predicted molar refractivity (Wildman–Crippen MR) is 76.0 cm³/mol. The molecule has 0 radical (unpaired) electrons. The summed E-state index contributed by atoms with van der Waals surface area (Å²) in [6, 6.07) is 3.60. The molecule has 4 nitrogen and oxygen atoms in total. The first kappa shape index (κ1) is 14.9. The van der Waals surface area contributed by atoms with Gasteiger partial charge in [-0.05, 0) is 30.4 Å². The Balaban J connectivity index is 1.96. The van der Waals surface area contributed by atoms with Crippen LogP contribution in [-0.2, 0) is 6.54 Å². The number of hydrogen-bond donors (Lipinski definition) is 1. The summed E-state index contributed by atoms with van der Waals surface area (Å²) in [4.78, 5) is 10.5. The molecule has 2 rings (SSSR count). The second-order valence-electron chi connectivity index (χ2n) is 6.01. The van der Waals surface area contributed by atoms with Crippen molar-refractivity contribution >= 4 is 5.69 Å². The number of nitro groups is 1. The first-order chi connectivity index (χ1) is 9.50. The van der Waals surface area contributed by atoms with Gasteiger partial charge in [0.05, 0.1) is 4.92 Å². The maximum atomic E-state index is 13.2. The summed E-state index contributed by atoms with van der Waals surface area (Å²) in [5.41, 5.74) is 0.655. The average molecular weight is 280 g/mol. The highest BCUT2D eigenvalue weighted by molar-refractivity contribution is 5.40. The van der Waals surface area contributed by atoms with Crippen LogP contribution in [-0.4, -0.2) is 11.5 Å². The molecule has 0 unspecified atom stereocenters. The van der Waals surface area contributed by atoms with E-state index in [0.717, 1.165) is 12.6 Å². The zero-order valence-corrected chi connectivity index (χ0v) is 11.8. The van der Waals surface area contributed by atoms with Crippen molar-refractivity contribution < 1.29 is 9.31 Å². The molecule has 0 saturated heterocycles. The Morgan fingerprint density at radius 2 is 2.05 bits per heavy atom. The smallest absolute Gasteiger partial charge is 0.274 e. The zero-order chi connectivity index (χ0) is 14.6. The van der Waals surface area contributed by atoms with E-state index in [1.165, 1.54) is 44.2 Å². The van der Waals surface area contributed by atoms with Crippen LogP contribution >= 0.6 is 0 Å². The summed E-state index contributed by atoms with van der Waals surface area (Å²) in [7, 11) is 0. The molecule has 0 heterocycles. The summed E-state index contributed by atoms with van der Waals surface area (Å²) in [6.45, 7) is 3.41. The van der Waals surface area contributed by atoms with E-state index in [-0.39, 0.29) is 11.1 Å². The minimum atomic E-state index is -0.460. The number of nitrogens with one attached hydrogen (secondary N) is 1. The molecule has 1 N–H and O–H groups in total. The van der Waals surface area contributed by atoms with Crippen LogP contribution in [0.5, 0.6) is 0 Å². The molecule has 1 aromatic rings. The van der Waals surface area contributed by atoms with E-state index in [0.29, 0.717) is 12.1 Å². The van der Waals surface area contributed by atoms with Gasteiger partial charge < -0.3 is 5.32 Å². The number of hydrogen-bond acceptors (Lipinski definition) is 3. The molecule has 20 heavy (non-hydrogen) atoms. The quantitative estimate of drug-likeness (QED) is 0.659. The normalized spacial score (nSPS) is 17.9. The molecular formula is C15H21FN2O2. The van der Waals surface area contributed by atoms with Gasteiger partial charge >= 0.3 is 0 Å². The summed E-state index contributed by atoms with van der Waals surface area (Å²) in [6.07, 6.45) is 6.16. The van der Waals surface area contributed by atoms with Gasteiger partial charge in [0.1, 0.15) is 5.82 Å². The van der Waals surface area contributed by atoms with E-state index in [9.17, 15) is 14.5 Å². The maximum Gasteiger partial charge on any atom is 0.274 e. The van der Waals surface area contributed by atoms with Crippen molar-refractivity contribution in [2.45, 2.75) is 45.6 Å². The first-order valence-electron chi connectivity index (χ1n) is 7.14. The lowest BCUT2D eigenvalue weighted by Gasteiger charge is -2.33. The highest BCUT2D eigenvalue weighted by Crippen LogP contribution is 2.35. The van der Waals surface area contributed by atoms with E-state index in [2.05, 4.69) is 12.2 Å². The third kappa shape index (κ3) is 3.76. The second kappa shape index (κ2) is 6.31. The molecular weight excluding hydrogens is 259 g/mol. The van der Waals surface area contributed by atoms with E-state index in [1.807, 2.05) is 0 Å². The largest absolute Gasteiger partial charge is 0.312 e. The second-order valence-corrected chi connectivity index (χ2v) is 6.01. The number of nitrogens with zero attached hydrogens (tertiary/aromatic N) is 1. The molecule has 1 aliphatic carbocycles. The van der Waals surface area contributed by atoms with Crippen molar-refractivity contribution in [2.24, 2.45) is 5.41 Å². The molecule has 0 atom stereocenters. The van der Waals surface area contributed by atoms with E-state index >= 15 is 0 Å². The molecule has 0 bridgehead atoms. The fourth-order valence-corrected chi connectivity index (χ4v) is 2.95. The Bertz CT molecular complexity index is 485. The van der Waals surface area contributed by atoms with Crippen LogP contribution < -0.4 is 5.32 Å². The summed E-state index contributed by atoms with van der Waals surface area (Å²) in [5, 5.41) is 14.2. The third-order valence-corrected chi connectivity index (χ3v) is 4.17. The van der Waals surface area contributed by atoms with Crippen LogP contribution in [0, 0.1) is 21.3 Å². The van der Waals surface area contributed by atoms with E-state index in [4.69, 9.17) is 0 Å². The van der Waals surface area contributed by atoms with Crippen LogP contribution in [0.25, 0.3) is 0 Å². The highest BCUT2D eigenvalue weighted by atomic mass is 19.1. The Hall–Kier alpha value is -1.49. The summed E-state index contributed by atoms with van der Waals surface area (Å²) >= 11 is 0. The first-order valence-corrected chi connectivity index (χ1v) is 7.14. The molecule has 0 amide bonds. The Morgan fingerprint density at radius 1 is 1.35 bits per heavy atom. The van der Waals surface area contributed by atoms with Crippen molar-refractivity contribution in [3.8, 4) is 0 Å². The van der Waals surface area contributed by atoms with Crippen LogP contribution in [0.15, 0.2) is 18.2 Å².